The maximum absolute atomic E-state index is 12.0. The molecule has 2 aromatic rings. The molecule has 0 saturated heterocycles. The summed E-state index contributed by atoms with van der Waals surface area (Å²) in [6.45, 7) is 0.407. The van der Waals surface area contributed by atoms with Crippen molar-refractivity contribution in [3.63, 3.8) is 0 Å². The molecule has 0 aromatic heterocycles. The third-order valence-electron chi connectivity index (χ3n) is 4.75. The van der Waals surface area contributed by atoms with Crippen LogP contribution in [0.15, 0.2) is 48.5 Å². The van der Waals surface area contributed by atoms with Crippen LogP contribution in [-0.4, -0.2) is 56.0 Å². The van der Waals surface area contributed by atoms with E-state index in [0.29, 0.717) is 0 Å². The Morgan fingerprint density at radius 2 is 1.53 bits per heavy atom. The van der Waals surface area contributed by atoms with Crippen LogP contribution in [0.4, 0.5) is 4.79 Å². The van der Waals surface area contributed by atoms with Crippen LogP contribution in [0.2, 0.25) is 0 Å². The first-order valence-corrected chi connectivity index (χ1v) is 9.71. The Morgan fingerprint density at radius 1 is 0.900 bits per heavy atom. The number of carbonyl (C=O) groups is 3. The van der Waals surface area contributed by atoms with Gasteiger partial charge in [0.25, 0.3) is 0 Å². The zero-order valence-corrected chi connectivity index (χ0v) is 16.4. The third kappa shape index (κ3) is 5.57. The Kier molecular flexibility index (Phi) is 7.40. The van der Waals surface area contributed by atoms with Crippen molar-refractivity contribution in [2.45, 2.75) is 12.3 Å². The van der Waals surface area contributed by atoms with Gasteiger partial charge < -0.3 is 25.2 Å². The number of rotatable bonds is 10. The molecule has 0 unspecified atom stereocenters. The quantitative estimate of drug-likeness (QED) is 0.515. The van der Waals surface area contributed by atoms with Gasteiger partial charge in [-0.25, -0.2) is 4.79 Å². The zero-order valence-electron chi connectivity index (χ0n) is 16.4. The summed E-state index contributed by atoms with van der Waals surface area (Å²) in [7, 11) is 0. The Labute approximate surface area is 174 Å². The summed E-state index contributed by atoms with van der Waals surface area (Å²) in [5.74, 6) is -1.39. The predicted molar refractivity (Wildman–Crippen MR) is 109 cm³/mol. The minimum Gasteiger partial charge on any atom is -0.481 e. The first-order chi connectivity index (χ1) is 14.6. The Bertz CT molecular complexity index is 869. The number of fused-ring (bicyclic) bond motifs is 3. The molecule has 0 radical (unpaired) electrons. The van der Waals surface area contributed by atoms with E-state index in [2.05, 4.69) is 34.9 Å². The number of alkyl carbamates (subject to hydrolysis) is 1. The molecule has 0 atom stereocenters. The lowest BCUT2D eigenvalue weighted by molar-refractivity contribution is -0.137. The topological polar surface area (TPSA) is 114 Å². The summed E-state index contributed by atoms with van der Waals surface area (Å²) < 4.78 is 10.5. The van der Waals surface area contributed by atoms with Crippen LogP contribution in [0, 0.1) is 0 Å². The minimum atomic E-state index is -0.983. The fourth-order valence-corrected chi connectivity index (χ4v) is 3.40. The summed E-state index contributed by atoms with van der Waals surface area (Å²) >= 11 is 0. The fourth-order valence-electron chi connectivity index (χ4n) is 3.40. The standard InChI is InChI=1S/C22H24N2O6/c25-20(23-10-9-21(26)27)14-29-12-11-24-22(28)30-13-19-17-7-3-1-5-15(17)16-6-2-4-8-18(16)19/h1-8,19H,9-14H2,(H,23,25)(H,24,28)(H,26,27). The molecule has 3 N–H and O–H groups in total. The molecule has 8 nitrogen and oxygen atoms in total. The van der Waals surface area contributed by atoms with Crippen LogP contribution in [0.5, 0.6) is 0 Å². The number of hydrogen-bond donors (Lipinski definition) is 3. The van der Waals surface area contributed by atoms with Gasteiger partial charge in [-0.1, -0.05) is 48.5 Å². The molecule has 2 aromatic carbocycles. The number of carboxylic acids is 1. The predicted octanol–water partition coefficient (Wildman–Crippen LogP) is 2.13. The molecule has 2 amide bonds. The highest BCUT2D eigenvalue weighted by Crippen LogP contribution is 2.44. The van der Waals surface area contributed by atoms with E-state index in [1.807, 2.05) is 24.3 Å². The first-order valence-electron chi connectivity index (χ1n) is 9.71. The van der Waals surface area contributed by atoms with E-state index >= 15 is 0 Å². The van der Waals surface area contributed by atoms with Crippen molar-refractivity contribution in [1.82, 2.24) is 10.6 Å². The van der Waals surface area contributed by atoms with E-state index in [9.17, 15) is 14.4 Å². The molecular weight excluding hydrogens is 388 g/mol. The fraction of sp³-hybridized carbons (Fsp3) is 0.318. The molecule has 0 bridgehead atoms. The van der Waals surface area contributed by atoms with Gasteiger partial charge in [0.1, 0.15) is 13.2 Å². The van der Waals surface area contributed by atoms with E-state index in [0.717, 1.165) is 22.3 Å². The second kappa shape index (κ2) is 10.4. The van der Waals surface area contributed by atoms with Crippen LogP contribution in [0.25, 0.3) is 11.1 Å². The smallest absolute Gasteiger partial charge is 0.407 e. The summed E-state index contributed by atoms with van der Waals surface area (Å²) in [6.07, 6.45) is -0.693. The Balaban J connectivity index is 1.37. The summed E-state index contributed by atoms with van der Waals surface area (Å²) in [5.41, 5.74) is 4.61. The van der Waals surface area contributed by atoms with E-state index in [1.165, 1.54) is 0 Å². The van der Waals surface area contributed by atoms with Crippen molar-refractivity contribution >= 4 is 18.0 Å². The molecular formula is C22H24N2O6. The second-order valence-electron chi connectivity index (χ2n) is 6.80. The van der Waals surface area contributed by atoms with Crippen molar-refractivity contribution < 1.29 is 29.0 Å². The van der Waals surface area contributed by atoms with Crippen molar-refractivity contribution in [3.8, 4) is 11.1 Å². The summed E-state index contributed by atoms with van der Waals surface area (Å²) in [4.78, 5) is 33.8. The van der Waals surface area contributed by atoms with Crippen LogP contribution in [0.3, 0.4) is 0 Å². The molecule has 0 heterocycles. The lowest BCUT2D eigenvalue weighted by Crippen LogP contribution is -2.32. The third-order valence-corrected chi connectivity index (χ3v) is 4.75. The van der Waals surface area contributed by atoms with Gasteiger partial charge >= 0.3 is 12.1 Å². The van der Waals surface area contributed by atoms with Crippen molar-refractivity contribution in [1.29, 1.82) is 0 Å². The van der Waals surface area contributed by atoms with Gasteiger partial charge in [0.15, 0.2) is 0 Å². The first kappa shape index (κ1) is 21.3. The molecule has 1 aliphatic carbocycles. The monoisotopic (exact) mass is 412 g/mol. The van der Waals surface area contributed by atoms with Gasteiger partial charge in [-0.3, -0.25) is 9.59 Å². The number of carbonyl (C=O) groups excluding carboxylic acids is 2. The normalized spacial score (nSPS) is 12.0. The van der Waals surface area contributed by atoms with Gasteiger partial charge in [-0.2, -0.15) is 0 Å². The maximum Gasteiger partial charge on any atom is 0.407 e. The van der Waals surface area contributed by atoms with Crippen LogP contribution >= 0.6 is 0 Å². The van der Waals surface area contributed by atoms with E-state index in [4.69, 9.17) is 14.6 Å². The summed E-state index contributed by atoms with van der Waals surface area (Å²) in [6, 6.07) is 16.2. The lowest BCUT2D eigenvalue weighted by atomic mass is 9.98. The molecule has 1 aliphatic rings. The SMILES string of the molecule is O=C(O)CCNC(=O)COCCNC(=O)OCC1c2ccccc2-c2ccccc21. The number of aliphatic carboxylic acids is 1. The van der Waals surface area contributed by atoms with Crippen molar-refractivity contribution in [2.24, 2.45) is 0 Å². The highest BCUT2D eigenvalue weighted by Gasteiger charge is 2.28. The molecule has 30 heavy (non-hydrogen) atoms. The molecule has 8 heteroatoms. The molecule has 3 rings (SSSR count). The lowest BCUT2D eigenvalue weighted by Gasteiger charge is -2.14. The van der Waals surface area contributed by atoms with Crippen LogP contribution in [0.1, 0.15) is 23.5 Å². The highest BCUT2D eigenvalue weighted by atomic mass is 16.5. The Hall–Kier alpha value is -3.39. The van der Waals surface area contributed by atoms with E-state index in [1.54, 1.807) is 0 Å². The van der Waals surface area contributed by atoms with Crippen LogP contribution < -0.4 is 10.6 Å². The van der Waals surface area contributed by atoms with Gasteiger partial charge in [-0.05, 0) is 22.3 Å². The number of amides is 2. The number of carboxylic acid groups (broad SMARTS) is 1. The van der Waals surface area contributed by atoms with Crippen LogP contribution in [-0.2, 0) is 19.1 Å². The highest BCUT2D eigenvalue weighted by molar-refractivity contribution is 5.79. The molecule has 0 aliphatic heterocycles. The van der Waals surface area contributed by atoms with Gasteiger partial charge in [-0.15, -0.1) is 0 Å². The molecule has 0 spiro atoms. The average molecular weight is 412 g/mol. The molecule has 158 valence electrons. The Morgan fingerprint density at radius 3 is 2.17 bits per heavy atom. The zero-order chi connectivity index (χ0) is 21.3. The average Bonchev–Trinajstić information content (AvgIpc) is 3.05. The molecule has 0 saturated carbocycles. The van der Waals surface area contributed by atoms with Gasteiger partial charge in [0, 0.05) is 19.0 Å². The number of benzene rings is 2. The number of nitrogens with one attached hydrogen (secondary N) is 2. The van der Waals surface area contributed by atoms with Gasteiger partial charge in [0.2, 0.25) is 5.91 Å². The van der Waals surface area contributed by atoms with Gasteiger partial charge in [0.05, 0.1) is 13.0 Å². The number of ether oxygens (including phenoxy) is 2. The largest absolute Gasteiger partial charge is 0.481 e. The number of hydrogen-bond acceptors (Lipinski definition) is 5. The van der Waals surface area contributed by atoms with Crippen molar-refractivity contribution in [2.75, 3.05) is 32.9 Å². The maximum atomic E-state index is 12.0. The minimum absolute atomic E-state index is 0.00565. The summed E-state index contributed by atoms with van der Waals surface area (Å²) in [5, 5.41) is 13.5. The van der Waals surface area contributed by atoms with Crippen molar-refractivity contribution in [3.05, 3.63) is 59.7 Å². The second-order valence-corrected chi connectivity index (χ2v) is 6.80. The van der Waals surface area contributed by atoms with E-state index < -0.39 is 18.0 Å². The van der Waals surface area contributed by atoms with E-state index in [-0.39, 0.29) is 45.2 Å². The molecule has 0 fully saturated rings.